The number of aliphatic carboxylic acids is 1. The van der Waals surface area contributed by atoms with E-state index in [0.29, 0.717) is 19.4 Å². The molecule has 1 heterocycles. The lowest BCUT2D eigenvalue weighted by Crippen LogP contribution is -2.49. The molecule has 5 nitrogen and oxygen atoms in total. The number of rotatable bonds is 1. The summed E-state index contributed by atoms with van der Waals surface area (Å²) in [6.45, 7) is 7.85. The smallest absolute Gasteiger partial charge is 0.410 e. The number of nitrogens with zero attached hydrogens (tertiary/aromatic N) is 1. The second-order valence-electron chi connectivity index (χ2n) is 5.87. The van der Waals surface area contributed by atoms with Gasteiger partial charge in [-0.1, -0.05) is 0 Å². The van der Waals surface area contributed by atoms with Crippen LogP contribution in [-0.2, 0) is 9.53 Å². The van der Waals surface area contributed by atoms with E-state index in [1.165, 1.54) is 4.90 Å². The van der Waals surface area contributed by atoms with Crippen LogP contribution in [0.15, 0.2) is 0 Å². The summed E-state index contributed by atoms with van der Waals surface area (Å²) in [7, 11) is 0. The SMILES string of the molecule is CC(C)(C)OC(=O)N1CCC[C@](C)(C(=O)O)C1. The molecular formula is C12H21NO4. The van der Waals surface area contributed by atoms with Gasteiger partial charge in [-0.05, 0) is 40.5 Å². The lowest BCUT2D eigenvalue weighted by atomic mass is 9.82. The number of carbonyl (C=O) groups is 2. The summed E-state index contributed by atoms with van der Waals surface area (Å²) < 4.78 is 5.24. The van der Waals surface area contributed by atoms with Crippen LogP contribution in [0.25, 0.3) is 0 Å². The van der Waals surface area contributed by atoms with E-state index in [1.54, 1.807) is 27.7 Å². The predicted octanol–water partition coefficient (Wildman–Crippen LogP) is 2.11. The summed E-state index contributed by atoms with van der Waals surface area (Å²) in [5.41, 5.74) is -1.40. The minimum Gasteiger partial charge on any atom is -0.481 e. The first kappa shape index (κ1) is 13.8. The summed E-state index contributed by atoms with van der Waals surface area (Å²) in [6.07, 6.45) is 0.869. The number of likely N-dealkylation sites (tertiary alicyclic amines) is 1. The molecule has 0 unspecified atom stereocenters. The van der Waals surface area contributed by atoms with E-state index in [1.807, 2.05) is 0 Å². The van der Waals surface area contributed by atoms with E-state index in [0.717, 1.165) is 0 Å². The fourth-order valence-electron chi connectivity index (χ4n) is 1.90. The van der Waals surface area contributed by atoms with Crippen LogP contribution in [0.2, 0.25) is 0 Å². The molecule has 1 fully saturated rings. The third-order valence-corrected chi connectivity index (χ3v) is 2.86. The molecule has 0 aromatic rings. The van der Waals surface area contributed by atoms with Gasteiger partial charge in [-0.25, -0.2) is 4.79 Å². The Hall–Kier alpha value is -1.26. The van der Waals surface area contributed by atoms with E-state index in [2.05, 4.69) is 0 Å². The molecule has 1 N–H and O–H groups in total. The predicted molar refractivity (Wildman–Crippen MR) is 62.8 cm³/mol. The number of hydrogen-bond donors (Lipinski definition) is 1. The monoisotopic (exact) mass is 243 g/mol. The number of amides is 1. The largest absolute Gasteiger partial charge is 0.481 e. The zero-order valence-corrected chi connectivity index (χ0v) is 10.9. The second-order valence-corrected chi connectivity index (χ2v) is 5.87. The summed E-state index contributed by atoms with van der Waals surface area (Å²) in [5, 5.41) is 9.15. The lowest BCUT2D eigenvalue weighted by Gasteiger charge is -2.38. The van der Waals surface area contributed by atoms with Crippen LogP contribution < -0.4 is 0 Å². The molecule has 0 aromatic heterocycles. The number of hydrogen-bond acceptors (Lipinski definition) is 3. The highest BCUT2D eigenvalue weighted by Gasteiger charge is 2.40. The molecule has 0 aromatic carbocycles. The Morgan fingerprint density at radius 3 is 2.41 bits per heavy atom. The fourth-order valence-corrected chi connectivity index (χ4v) is 1.90. The van der Waals surface area contributed by atoms with Crippen LogP contribution >= 0.6 is 0 Å². The summed E-state index contributed by atoms with van der Waals surface area (Å²) in [6, 6.07) is 0. The summed E-state index contributed by atoms with van der Waals surface area (Å²) >= 11 is 0. The van der Waals surface area contributed by atoms with Gasteiger partial charge in [0.2, 0.25) is 0 Å². The Kier molecular flexibility index (Phi) is 3.69. The van der Waals surface area contributed by atoms with Crippen molar-refractivity contribution in [1.82, 2.24) is 4.90 Å². The van der Waals surface area contributed by atoms with Crippen molar-refractivity contribution in [2.75, 3.05) is 13.1 Å². The van der Waals surface area contributed by atoms with Gasteiger partial charge in [0.05, 0.1) is 5.41 Å². The zero-order valence-electron chi connectivity index (χ0n) is 10.9. The minimum absolute atomic E-state index is 0.219. The van der Waals surface area contributed by atoms with Crippen molar-refractivity contribution < 1.29 is 19.4 Å². The van der Waals surface area contributed by atoms with Crippen LogP contribution in [0.1, 0.15) is 40.5 Å². The fraction of sp³-hybridized carbons (Fsp3) is 0.833. The first-order chi connectivity index (χ1) is 7.64. The molecule has 0 aliphatic carbocycles. The number of piperidine rings is 1. The van der Waals surface area contributed by atoms with Gasteiger partial charge in [-0.2, -0.15) is 0 Å². The number of carboxylic acids is 1. The molecule has 1 saturated heterocycles. The Labute approximate surface area is 102 Å². The van der Waals surface area contributed by atoms with E-state index in [-0.39, 0.29) is 6.54 Å². The van der Waals surface area contributed by atoms with Crippen molar-refractivity contribution >= 4 is 12.1 Å². The van der Waals surface area contributed by atoms with Gasteiger partial charge in [0.25, 0.3) is 0 Å². The first-order valence-corrected chi connectivity index (χ1v) is 5.85. The van der Waals surface area contributed by atoms with Gasteiger partial charge in [-0.15, -0.1) is 0 Å². The van der Waals surface area contributed by atoms with Crippen molar-refractivity contribution in [3.8, 4) is 0 Å². The number of carboxylic acid groups (broad SMARTS) is 1. The van der Waals surface area contributed by atoms with Crippen molar-refractivity contribution in [2.45, 2.75) is 46.1 Å². The zero-order chi connectivity index (χ0) is 13.3. The van der Waals surface area contributed by atoms with Crippen molar-refractivity contribution in [3.63, 3.8) is 0 Å². The lowest BCUT2D eigenvalue weighted by molar-refractivity contribution is -0.150. The van der Waals surface area contributed by atoms with E-state index < -0.39 is 23.1 Å². The van der Waals surface area contributed by atoms with Crippen molar-refractivity contribution in [1.29, 1.82) is 0 Å². The third kappa shape index (κ3) is 3.61. The molecule has 1 rings (SSSR count). The standard InChI is InChI=1S/C12H21NO4/c1-11(2,3)17-10(16)13-7-5-6-12(4,8-13)9(14)15/h5-8H2,1-4H3,(H,14,15)/t12-/m0/s1. The molecule has 5 heteroatoms. The van der Waals surface area contributed by atoms with Gasteiger partial charge in [0.1, 0.15) is 5.60 Å². The first-order valence-electron chi connectivity index (χ1n) is 5.85. The number of ether oxygens (including phenoxy) is 1. The normalized spacial score (nSPS) is 25.5. The highest BCUT2D eigenvalue weighted by atomic mass is 16.6. The molecule has 0 bridgehead atoms. The van der Waals surface area contributed by atoms with Crippen LogP contribution in [0.3, 0.4) is 0 Å². The Morgan fingerprint density at radius 1 is 1.35 bits per heavy atom. The van der Waals surface area contributed by atoms with Gasteiger partial charge in [0.15, 0.2) is 0 Å². The van der Waals surface area contributed by atoms with Gasteiger partial charge in [0, 0.05) is 13.1 Å². The van der Waals surface area contributed by atoms with Crippen LogP contribution in [0.4, 0.5) is 4.79 Å². The Bertz CT molecular complexity index is 321. The van der Waals surface area contributed by atoms with Gasteiger partial charge in [-0.3, -0.25) is 4.79 Å². The molecule has 0 saturated carbocycles. The molecule has 17 heavy (non-hydrogen) atoms. The van der Waals surface area contributed by atoms with E-state index in [4.69, 9.17) is 9.84 Å². The van der Waals surface area contributed by atoms with Crippen LogP contribution in [0, 0.1) is 5.41 Å². The Morgan fingerprint density at radius 2 is 1.94 bits per heavy atom. The van der Waals surface area contributed by atoms with Crippen LogP contribution in [-0.4, -0.2) is 40.8 Å². The summed E-state index contributed by atoms with van der Waals surface area (Å²) in [5.74, 6) is -0.856. The average molecular weight is 243 g/mol. The quantitative estimate of drug-likeness (QED) is 0.766. The van der Waals surface area contributed by atoms with E-state index in [9.17, 15) is 9.59 Å². The molecule has 0 radical (unpaired) electrons. The maximum Gasteiger partial charge on any atom is 0.410 e. The molecule has 1 amide bonds. The maximum absolute atomic E-state index is 11.8. The average Bonchev–Trinajstić information content (AvgIpc) is 2.15. The second kappa shape index (κ2) is 4.55. The molecule has 98 valence electrons. The molecule has 1 atom stereocenters. The highest BCUT2D eigenvalue weighted by molar-refractivity contribution is 5.76. The number of carbonyl (C=O) groups excluding carboxylic acids is 1. The third-order valence-electron chi connectivity index (χ3n) is 2.86. The molecular weight excluding hydrogens is 222 g/mol. The summed E-state index contributed by atoms with van der Waals surface area (Å²) in [4.78, 5) is 24.5. The maximum atomic E-state index is 11.8. The minimum atomic E-state index is -0.856. The van der Waals surface area contributed by atoms with Crippen molar-refractivity contribution in [3.05, 3.63) is 0 Å². The molecule has 1 aliphatic heterocycles. The van der Waals surface area contributed by atoms with E-state index >= 15 is 0 Å². The van der Waals surface area contributed by atoms with Gasteiger partial charge >= 0.3 is 12.1 Å². The molecule has 0 spiro atoms. The highest BCUT2D eigenvalue weighted by Crippen LogP contribution is 2.30. The topological polar surface area (TPSA) is 66.8 Å². The van der Waals surface area contributed by atoms with Gasteiger partial charge < -0.3 is 14.7 Å². The Balaban J connectivity index is 2.67. The van der Waals surface area contributed by atoms with Crippen molar-refractivity contribution in [2.24, 2.45) is 5.41 Å². The molecule has 1 aliphatic rings. The van der Waals surface area contributed by atoms with Crippen LogP contribution in [0.5, 0.6) is 0 Å².